The largest absolute Gasteiger partial charge is 0.330 e. The maximum Gasteiger partial charge on any atom is 0.330 e. The van der Waals surface area contributed by atoms with Crippen LogP contribution in [0.3, 0.4) is 0 Å². The summed E-state index contributed by atoms with van der Waals surface area (Å²) < 4.78 is 0. The zero-order valence-electron chi connectivity index (χ0n) is 11.2. The molecule has 1 saturated carbocycles. The van der Waals surface area contributed by atoms with Crippen LogP contribution < -0.4 is 5.32 Å². The first kappa shape index (κ1) is 13.8. The lowest BCUT2D eigenvalue weighted by atomic mass is 9.87. The third-order valence-electron chi connectivity index (χ3n) is 3.92. The molecular formula is C14H20N2O3. The molecule has 0 aromatic rings. The number of carbonyl (C=O) groups is 3. The van der Waals surface area contributed by atoms with Crippen LogP contribution in [0, 0.1) is 11.8 Å². The lowest BCUT2D eigenvalue weighted by Crippen LogP contribution is -2.59. The first-order valence-corrected chi connectivity index (χ1v) is 6.92. The van der Waals surface area contributed by atoms with Crippen molar-refractivity contribution >= 4 is 17.8 Å². The number of amides is 4. The summed E-state index contributed by atoms with van der Waals surface area (Å²) in [6.45, 7) is 2.23. The van der Waals surface area contributed by atoms with Crippen molar-refractivity contribution in [1.29, 1.82) is 0 Å². The van der Waals surface area contributed by atoms with Crippen molar-refractivity contribution in [3.63, 3.8) is 0 Å². The second kappa shape index (κ2) is 5.99. The number of rotatable bonds is 4. The molecule has 1 unspecified atom stereocenters. The molecule has 1 heterocycles. The summed E-state index contributed by atoms with van der Waals surface area (Å²) in [5.74, 6) is -1.29. The van der Waals surface area contributed by atoms with Gasteiger partial charge in [-0.15, -0.1) is 0 Å². The molecule has 4 amide bonds. The minimum absolute atomic E-state index is 0.102. The summed E-state index contributed by atoms with van der Waals surface area (Å²) in [7, 11) is 0. The van der Waals surface area contributed by atoms with Gasteiger partial charge in [0.2, 0.25) is 11.8 Å². The quantitative estimate of drug-likeness (QED) is 0.622. The molecular weight excluding hydrogens is 244 g/mol. The fraction of sp³-hybridized carbons (Fsp3) is 0.643. The van der Waals surface area contributed by atoms with E-state index in [0.29, 0.717) is 13.0 Å². The molecule has 1 aliphatic carbocycles. The highest BCUT2D eigenvalue weighted by molar-refractivity contribution is 6.16. The maximum absolute atomic E-state index is 12.3. The van der Waals surface area contributed by atoms with Crippen LogP contribution in [0.25, 0.3) is 0 Å². The molecule has 1 atom stereocenters. The van der Waals surface area contributed by atoms with Gasteiger partial charge in [-0.3, -0.25) is 19.8 Å². The van der Waals surface area contributed by atoms with Gasteiger partial charge in [0.1, 0.15) is 5.92 Å². The van der Waals surface area contributed by atoms with E-state index in [2.05, 4.69) is 5.32 Å². The Hall–Kier alpha value is -1.65. The average molecular weight is 264 g/mol. The first-order valence-electron chi connectivity index (χ1n) is 6.92. The minimum Gasteiger partial charge on any atom is -0.277 e. The van der Waals surface area contributed by atoms with E-state index in [9.17, 15) is 14.4 Å². The fourth-order valence-electron chi connectivity index (χ4n) is 2.92. The number of nitrogens with one attached hydrogen (secondary N) is 1. The number of imide groups is 2. The Balaban J connectivity index is 2.09. The van der Waals surface area contributed by atoms with Crippen LogP contribution in [0.2, 0.25) is 0 Å². The number of barbiturate groups is 1. The van der Waals surface area contributed by atoms with Crippen molar-refractivity contribution in [3.05, 3.63) is 12.2 Å². The van der Waals surface area contributed by atoms with E-state index in [4.69, 9.17) is 0 Å². The van der Waals surface area contributed by atoms with E-state index >= 15 is 0 Å². The van der Waals surface area contributed by atoms with Crippen molar-refractivity contribution < 1.29 is 14.4 Å². The minimum atomic E-state index is -0.661. The normalized spacial score (nSPS) is 25.4. The lowest BCUT2D eigenvalue weighted by Gasteiger charge is -2.32. The topological polar surface area (TPSA) is 66.5 Å². The van der Waals surface area contributed by atoms with E-state index in [0.717, 1.165) is 25.7 Å². The van der Waals surface area contributed by atoms with Gasteiger partial charge >= 0.3 is 6.03 Å². The molecule has 2 rings (SSSR count). The standard InChI is InChI=1S/C14H20N2O3/c1-2-3-6-9-16-13(18)11(10-7-4-5-8-10)12(17)15-14(16)19/h2-3,10-11H,4-9H2,1H3,(H,15,17,19)/b3-2+. The summed E-state index contributed by atoms with van der Waals surface area (Å²) >= 11 is 0. The number of nitrogens with zero attached hydrogens (tertiary/aromatic N) is 1. The van der Waals surface area contributed by atoms with Crippen LogP contribution >= 0.6 is 0 Å². The Morgan fingerprint density at radius 3 is 2.58 bits per heavy atom. The zero-order chi connectivity index (χ0) is 13.8. The molecule has 19 heavy (non-hydrogen) atoms. The number of hydrogen-bond acceptors (Lipinski definition) is 3. The van der Waals surface area contributed by atoms with E-state index in [1.165, 1.54) is 4.90 Å². The van der Waals surface area contributed by atoms with Crippen LogP contribution in [0.4, 0.5) is 4.79 Å². The Morgan fingerprint density at radius 2 is 1.95 bits per heavy atom. The van der Waals surface area contributed by atoms with Crippen LogP contribution in [0.15, 0.2) is 12.2 Å². The molecule has 0 aromatic carbocycles. The number of allylic oxidation sites excluding steroid dienone is 1. The van der Waals surface area contributed by atoms with Crippen LogP contribution in [0.5, 0.6) is 0 Å². The summed E-state index contributed by atoms with van der Waals surface area (Å²) in [6, 6.07) is -0.575. The Bertz CT molecular complexity index is 411. The van der Waals surface area contributed by atoms with E-state index in [1.807, 2.05) is 19.1 Å². The molecule has 5 nitrogen and oxygen atoms in total. The molecule has 1 N–H and O–H groups in total. The molecule has 2 fully saturated rings. The average Bonchev–Trinajstić information content (AvgIpc) is 2.87. The van der Waals surface area contributed by atoms with Crippen molar-refractivity contribution in [3.8, 4) is 0 Å². The molecule has 0 aromatic heterocycles. The van der Waals surface area contributed by atoms with Gasteiger partial charge in [-0.25, -0.2) is 4.79 Å². The predicted octanol–water partition coefficient (Wildman–Crippen LogP) is 1.84. The van der Waals surface area contributed by atoms with Gasteiger partial charge in [-0.2, -0.15) is 0 Å². The van der Waals surface area contributed by atoms with Crippen LogP contribution in [-0.4, -0.2) is 29.3 Å². The molecule has 1 aliphatic heterocycles. The lowest BCUT2D eigenvalue weighted by molar-refractivity contribution is -0.144. The summed E-state index contributed by atoms with van der Waals surface area (Å²) in [6.07, 6.45) is 8.35. The monoisotopic (exact) mass is 264 g/mol. The number of hydrogen-bond donors (Lipinski definition) is 1. The number of carbonyl (C=O) groups excluding carboxylic acids is 3. The van der Waals surface area contributed by atoms with Gasteiger partial charge in [0.05, 0.1) is 0 Å². The van der Waals surface area contributed by atoms with Crippen LogP contribution in [-0.2, 0) is 9.59 Å². The van der Waals surface area contributed by atoms with Gasteiger partial charge in [0.25, 0.3) is 0 Å². The van der Waals surface area contributed by atoms with Crippen LogP contribution in [0.1, 0.15) is 39.0 Å². The van der Waals surface area contributed by atoms with Gasteiger partial charge in [0, 0.05) is 6.54 Å². The molecule has 2 aliphatic rings. The maximum atomic E-state index is 12.3. The van der Waals surface area contributed by atoms with Gasteiger partial charge in [-0.05, 0) is 32.1 Å². The van der Waals surface area contributed by atoms with Gasteiger partial charge < -0.3 is 0 Å². The third kappa shape index (κ3) is 2.85. The van der Waals surface area contributed by atoms with Crippen molar-refractivity contribution in [2.75, 3.05) is 6.54 Å². The third-order valence-corrected chi connectivity index (χ3v) is 3.92. The Morgan fingerprint density at radius 1 is 1.26 bits per heavy atom. The van der Waals surface area contributed by atoms with E-state index < -0.39 is 17.9 Å². The second-order valence-electron chi connectivity index (χ2n) is 5.16. The van der Waals surface area contributed by atoms with Gasteiger partial charge in [0.15, 0.2) is 0 Å². The first-order chi connectivity index (χ1) is 9.15. The smallest absolute Gasteiger partial charge is 0.277 e. The van der Waals surface area contributed by atoms with Crippen molar-refractivity contribution in [1.82, 2.24) is 10.2 Å². The highest BCUT2D eigenvalue weighted by atomic mass is 16.2. The van der Waals surface area contributed by atoms with E-state index in [1.54, 1.807) is 0 Å². The summed E-state index contributed by atoms with van der Waals surface area (Å²) in [5.41, 5.74) is 0. The summed E-state index contributed by atoms with van der Waals surface area (Å²) in [4.78, 5) is 37.1. The second-order valence-corrected chi connectivity index (χ2v) is 5.16. The molecule has 0 bridgehead atoms. The predicted molar refractivity (Wildman–Crippen MR) is 70.1 cm³/mol. The molecule has 104 valence electrons. The SMILES string of the molecule is C/C=C/CCN1C(=O)NC(=O)C(C2CCCC2)C1=O. The Labute approximate surface area is 113 Å². The Kier molecular flexibility index (Phi) is 4.35. The van der Waals surface area contributed by atoms with E-state index in [-0.39, 0.29) is 11.8 Å². The molecule has 0 radical (unpaired) electrons. The number of urea groups is 1. The molecule has 0 spiro atoms. The molecule has 1 saturated heterocycles. The highest BCUT2D eigenvalue weighted by Crippen LogP contribution is 2.33. The summed E-state index contributed by atoms with van der Waals surface area (Å²) in [5, 5.41) is 2.32. The van der Waals surface area contributed by atoms with Crippen molar-refractivity contribution in [2.24, 2.45) is 11.8 Å². The zero-order valence-corrected chi connectivity index (χ0v) is 11.2. The molecule has 5 heteroatoms. The van der Waals surface area contributed by atoms with Crippen molar-refractivity contribution in [2.45, 2.75) is 39.0 Å². The fourth-order valence-corrected chi connectivity index (χ4v) is 2.92. The van der Waals surface area contributed by atoms with Gasteiger partial charge in [-0.1, -0.05) is 25.0 Å². The highest BCUT2D eigenvalue weighted by Gasteiger charge is 2.44.